The number of rotatable bonds is 3. The zero-order valence-corrected chi connectivity index (χ0v) is 14.3. The molecule has 1 aliphatic rings. The van der Waals surface area contributed by atoms with Crippen molar-refractivity contribution in [2.75, 3.05) is 13.1 Å². The Morgan fingerprint density at radius 3 is 2.56 bits per heavy atom. The Balaban J connectivity index is 1.85. The highest BCUT2D eigenvalue weighted by atomic mass is 16.4. The van der Waals surface area contributed by atoms with Crippen molar-refractivity contribution < 1.29 is 14.7 Å². The third kappa shape index (κ3) is 3.55. The SMILES string of the molecule is C[C@H]1C[C@H](C)CN(C(=O)Cn2cnc3cc(C(=O)O)ccc3c2=O)C1. The lowest BCUT2D eigenvalue weighted by Crippen LogP contribution is -2.44. The van der Waals surface area contributed by atoms with Crippen LogP contribution in [0.1, 0.15) is 30.6 Å². The van der Waals surface area contributed by atoms with E-state index in [1.807, 2.05) is 4.90 Å². The van der Waals surface area contributed by atoms with E-state index in [1.54, 1.807) is 0 Å². The number of hydrogen-bond donors (Lipinski definition) is 1. The number of piperidine rings is 1. The average Bonchev–Trinajstić information content (AvgIpc) is 2.56. The highest BCUT2D eigenvalue weighted by Gasteiger charge is 2.25. The van der Waals surface area contributed by atoms with E-state index in [2.05, 4.69) is 18.8 Å². The van der Waals surface area contributed by atoms with Crippen LogP contribution in [-0.2, 0) is 11.3 Å². The summed E-state index contributed by atoms with van der Waals surface area (Å²) in [5.74, 6) is -0.262. The van der Waals surface area contributed by atoms with Crippen LogP contribution in [0, 0.1) is 11.8 Å². The number of likely N-dealkylation sites (tertiary alicyclic amines) is 1. The smallest absolute Gasteiger partial charge is 0.335 e. The Morgan fingerprint density at radius 2 is 1.92 bits per heavy atom. The van der Waals surface area contributed by atoms with Gasteiger partial charge in [-0.15, -0.1) is 0 Å². The van der Waals surface area contributed by atoms with Gasteiger partial charge in [0.1, 0.15) is 6.54 Å². The van der Waals surface area contributed by atoms with Crippen LogP contribution < -0.4 is 5.56 Å². The summed E-state index contributed by atoms with van der Waals surface area (Å²) in [5, 5.41) is 9.32. The van der Waals surface area contributed by atoms with Gasteiger partial charge in [-0.25, -0.2) is 9.78 Å². The van der Waals surface area contributed by atoms with E-state index in [0.717, 1.165) is 6.42 Å². The molecule has 1 aromatic heterocycles. The van der Waals surface area contributed by atoms with Crippen molar-refractivity contribution in [2.24, 2.45) is 11.8 Å². The number of carboxylic acids is 1. The quantitative estimate of drug-likeness (QED) is 0.914. The van der Waals surface area contributed by atoms with Crippen LogP contribution in [0.3, 0.4) is 0 Å². The second kappa shape index (κ2) is 6.66. The van der Waals surface area contributed by atoms with Crippen molar-refractivity contribution >= 4 is 22.8 Å². The number of carboxylic acid groups (broad SMARTS) is 1. The molecule has 0 aliphatic carbocycles. The van der Waals surface area contributed by atoms with Gasteiger partial charge in [0.05, 0.1) is 22.8 Å². The van der Waals surface area contributed by atoms with Crippen molar-refractivity contribution in [1.29, 1.82) is 0 Å². The Labute approximate surface area is 144 Å². The molecule has 2 aromatic rings. The molecule has 0 saturated carbocycles. The van der Waals surface area contributed by atoms with Gasteiger partial charge in [-0.1, -0.05) is 13.8 Å². The summed E-state index contributed by atoms with van der Waals surface area (Å²) in [4.78, 5) is 42.1. The number of hydrogen-bond acceptors (Lipinski definition) is 4. The Bertz CT molecular complexity index is 880. The van der Waals surface area contributed by atoms with Crippen molar-refractivity contribution in [1.82, 2.24) is 14.5 Å². The summed E-state index contributed by atoms with van der Waals surface area (Å²) in [6, 6.07) is 4.17. The number of carbonyl (C=O) groups is 2. The number of carbonyl (C=O) groups excluding carboxylic acids is 1. The van der Waals surface area contributed by atoms with Gasteiger partial charge in [0.25, 0.3) is 5.56 Å². The lowest BCUT2D eigenvalue weighted by Gasteiger charge is -2.35. The van der Waals surface area contributed by atoms with E-state index in [0.29, 0.717) is 35.8 Å². The minimum absolute atomic E-state index is 0.0537. The van der Waals surface area contributed by atoms with Crippen LogP contribution in [-0.4, -0.2) is 44.5 Å². The first-order valence-electron chi connectivity index (χ1n) is 8.35. The topological polar surface area (TPSA) is 92.5 Å². The predicted molar refractivity (Wildman–Crippen MR) is 92.5 cm³/mol. The molecular weight excluding hydrogens is 322 g/mol. The average molecular weight is 343 g/mol. The first-order chi connectivity index (χ1) is 11.8. The van der Waals surface area contributed by atoms with Gasteiger partial charge in [0.2, 0.25) is 5.91 Å². The summed E-state index contributed by atoms with van der Waals surface area (Å²) in [6.45, 7) is 5.61. The number of amides is 1. The van der Waals surface area contributed by atoms with Gasteiger partial charge < -0.3 is 10.0 Å². The zero-order chi connectivity index (χ0) is 18.1. The van der Waals surface area contributed by atoms with Crippen molar-refractivity contribution in [3.8, 4) is 0 Å². The third-order valence-corrected chi connectivity index (χ3v) is 4.60. The van der Waals surface area contributed by atoms with Crippen LogP contribution >= 0.6 is 0 Å². The van der Waals surface area contributed by atoms with Gasteiger partial charge in [0.15, 0.2) is 0 Å². The second-order valence-electron chi connectivity index (χ2n) is 6.96. The molecule has 7 heteroatoms. The molecule has 0 unspecified atom stereocenters. The van der Waals surface area contributed by atoms with E-state index in [9.17, 15) is 14.4 Å². The second-order valence-corrected chi connectivity index (χ2v) is 6.96. The van der Waals surface area contributed by atoms with Crippen molar-refractivity contribution in [3.63, 3.8) is 0 Å². The zero-order valence-electron chi connectivity index (χ0n) is 14.3. The normalized spacial score (nSPS) is 20.6. The fourth-order valence-electron chi connectivity index (χ4n) is 3.52. The van der Waals surface area contributed by atoms with Crippen molar-refractivity contribution in [3.05, 3.63) is 40.4 Å². The van der Waals surface area contributed by atoms with E-state index in [4.69, 9.17) is 5.11 Å². The minimum atomic E-state index is -1.07. The van der Waals surface area contributed by atoms with Crippen LogP contribution in [0.25, 0.3) is 10.9 Å². The molecule has 0 spiro atoms. The summed E-state index contributed by atoms with van der Waals surface area (Å²) < 4.78 is 1.29. The fourth-order valence-corrected chi connectivity index (χ4v) is 3.52. The molecule has 1 aliphatic heterocycles. The van der Waals surface area contributed by atoms with E-state index in [1.165, 1.54) is 29.1 Å². The van der Waals surface area contributed by atoms with Gasteiger partial charge in [0, 0.05) is 13.1 Å². The van der Waals surface area contributed by atoms with E-state index in [-0.39, 0.29) is 23.6 Å². The maximum Gasteiger partial charge on any atom is 0.335 e. The summed E-state index contributed by atoms with van der Waals surface area (Å²) >= 11 is 0. The summed E-state index contributed by atoms with van der Waals surface area (Å²) in [7, 11) is 0. The van der Waals surface area contributed by atoms with Crippen molar-refractivity contribution in [2.45, 2.75) is 26.8 Å². The van der Waals surface area contributed by atoms with E-state index >= 15 is 0 Å². The molecule has 3 rings (SSSR count). The summed E-state index contributed by atoms with van der Waals surface area (Å²) in [5.41, 5.74) is 0.0479. The van der Waals surface area contributed by atoms with Crippen LogP contribution in [0.15, 0.2) is 29.3 Å². The lowest BCUT2D eigenvalue weighted by atomic mass is 9.92. The Morgan fingerprint density at radius 1 is 1.24 bits per heavy atom. The molecule has 1 fully saturated rings. The maximum atomic E-state index is 12.6. The molecule has 0 bridgehead atoms. The minimum Gasteiger partial charge on any atom is -0.478 e. The summed E-state index contributed by atoms with van der Waals surface area (Å²) in [6.07, 6.45) is 2.41. The molecule has 25 heavy (non-hydrogen) atoms. The van der Waals surface area contributed by atoms with Gasteiger partial charge in [-0.05, 0) is 36.5 Å². The van der Waals surface area contributed by atoms with Gasteiger partial charge >= 0.3 is 5.97 Å². The third-order valence-electron chi connectivity index (χ3n) is 4.60. The number of aromatic nitrogens is 2. The van der Waals surface area contributed by atoms with Crippen LogP contribution in [0.2, 0.25) is 0 Å². The molecule has 2 heterocycles. The van der Waals surface area contributed by atoms with Crippen LogP contribution in [0.4, 0.5) is 0 Å². The standard InChI is InChI=1S/C18H21N3O4/c1-11-5-12(2)8-20(7-11)16(22)9-21-10-19-15-6-13(18(24)25)3-4-14(15)17(21)23/h3-4,6,10-12H,5,7-9H2,1-2H3,(H,24,25)/t11-,12-/m0/s1. The molecule has 2 atom stereocenters. The molecule has 1 aromatic carbocycles. The maximum absolute atomic E-state index is 12.6. The highest BCUT2D eigenvalue weighted by molar-refractivity contribution is 5.92. The monoisotopic (exact) mass is 343 g/mol. The molecule has 1 N–H and O–H groups in total. The number of aromatic carboxylic acids is 1. The van der Waals surface area contributed by atoms with Crippen LogP contribution in [0.5, 0.6) is 0 Å². The largest absolute Gasteiger partial charge is 0.478 e. The number of fused-ring (bicyclic) bond motifs is 1. The number of nitrogens with zero attached hydrogens (tertiary/aromatic N) is 3. The fraction of sp³-hybridized carbons (Fsp3) is 0.444. The Kier molecular flexibility index (Phi) is 4.57. The molecular formula is C18H21N3O4. The van der Waals surface area contributed by atoms with E-state index < -0.39 is 5.97 Å². The first-order valence-corrected chi connectivity index (χ1v) is 8.35. The molecule has 132 valence electrons. The highest BCUT2D eigenvalue weighted by Crippen LogP contribution is 2.21. The lowest BCUT2D eigenvalue weighted by molar-refractivity contribution is -0.134. The molecule has 1 saturated heterocycles. The first kappa shape index (κ1) is 17.1. The Hall–Kier alpha value is -2.70. The molecule has 1 amide bonds. The molecule has 0 radical (unpaired) electrons. The van der Waals surface area contributed by atoms with Gasteiger partial charge in [-0.2, -0.15) is 0 Å². The van der Waals surface area contributed by atoms with Gasteiger partial charge in [-0.3, -0.25) is 14.2 Å². The number of benzene rings is 1. The molecule has 7 nitrogen and oxygen atoms in total. The predicted octanol–water partition coefficient (Wildman–Crippen LogP) is 1.60.